The van der Waals surface area contributed by atoms with Crippen LogP contribution in [0.5, 0.6) is 0 Å². The van der Waals surface area contributed by atoms with Crippen LogP contribution in [0.4, 0.5) is 0 Å². The third-order valence-electron chi connectivity index (χ3n) is 16.4. The maximum Gasteiger partial charge on any atom is 0.326 e. The number of aliphatic carboxylic acids is 1. The van der Waals surface area contributed by atoms with Crippen molar-refractivity contribution in [2.45, 2.75) is 138 Å². The molecule has 0 bridgehead atoms. The zero-order valence-electron chi connectivity index (χ0n) is 32.5. The fraction of sp³-hybridized carbons (Fsp3) is 0.773. The molecule has 1 aromatic rings. The van der Waals surface area contributed by atoms with Crippen LogP contribution in [-0.4, -0.2) is 47.4 Å². The number of benzene rings is 1. The van der Waals surface area contributed by atoms with Gasteiger partial charge in [-0.1, -0.05) is 78.8 Å². The fourth-order valence-electron chi connectivity index (χ4n) is 13.6. The summed E-state index contributed by atoms with van der Waals surface area (Å²) in [6, 6.07) is 7.02. The normalized spacial score (nSPS) is 40.4. The van der Waals surface area contributed by atoms with E-state index in [9.17, 15) is 19.8 Å². The van der Waals surface area contributed by atoms with E-state index in [0.29, 0.717) is 37.4 Å². The van der Waals surface area contributed by atoms with Gasteiger partial charge in [-0.3, -0.25) is 4.79 Å². The maximum atomic E-state index is 14.7. The molecular weight excluding hydrogens is 658 g/mol. The van der Waals surface area contributed by atoms with Crippen molar-refractivity contribution in [2.24, 2.45) is 62.6 Å². The van der Waals surface area contributed by atoms with Crippen LogP contribution >= 0.6 is 11.6 Å². The molecule has 7 heteroatoms. The molecular formula is C44H66ClNO5. The summed E-state index contributed by atoms with van der Waals surface area (Å²) in [5, 5.41) is 25.1. The Bertz CT molecular complexity index is 1470. The summed E-state index contributed by atoms with van der Waals surface area (Å²) in [6.07, 6.45) is 10.9. The molecule has 5 fully saturated rings. The Hall–Kier alpha value is -1.89. The number of aliphatic hydroxyl groups excluding tert-OH is 1. The molecule has 3 N–H and O–H groups in total. The molecule has 51 heavy (non-hydrogen) atoms. The van der Waals surface area contributed by atoms with Gasteiger partial charge in [-0.05, 0) is 157 Å². The maximum absolute atomic E-state index is 14.7. The van der Waals surface area contributed by atoms with Gasteiger partial charge in [0.15, 0.2) is 0 Å². The highest BCUT2D eigenvalue weighted by Gasteiger charge is 2.72. The van der Waals surface area contributed by atoms with Crippen LogP contribution < -0.4 is 5.32 Å². The summed E-state index contributed by atoms with van der Waals surface area (Å²) in [6.45, 7) is 22.1. The fourth-order valence-corrected chi connectivity index (χ4v) is 13.7. The Morgan fingerprint density at radius 2 is 1.63 bits per heavy atom. The standard InChI is InChI=1S/C44H66ClNO5/c1-27(2)25-33(38(48)49)46-39(50)44-21-15-31(28(3)26-51-24-18-29-9-11-30(45)12-10-29)37(44)32-13-14-35-41(6)19-17-36(47)40(4,5)34(41)16-20-43(35,8)42(32,7)22-23-44/h9-12,27,31-37,47H,3,13-26H2,1-2,4-8H3,(H,46,50)(H,48,49)/t31-,32?,33?,34?,35?,36-,37?,41-,42+,43+,44-/m0/s1. The molecule has 284 valence electrons. The van der Waals surface area contributed by atoms with Crippen LogP contribution in [-0.2, 0) is 20.7 Å². The Kier molecular flexibility index (Phi) is 10.7. The van der Waals surface area contributed by atoms with Crippen molar-refractivity contribution < 1.29 is 24.5 Å². The Labute approximate surface area is 312 Å². The van der Waals surface area contributed by atoms with Gasteiger partial charge >= 0.3 is 5.97 Å². The van der Waals surface area contributed by atoms with E-state index >= 15 is 0 Å². The third kappa shape index (κ3) is 6.43. The minimum atomic E-state index is -0.947. The smallest absolute Gasteiger partial charge is 0.326 e. The van der Waals surface area contributed by atoms with E-state index in [1.165, 1.54) is 5.56 Å². The molecule has 1 amide bonds. The summed E-state index contributed by atoms with van der Waals surface area (Å²) in [4.78, 5) is 27.1. The van der Waals surface area contributed by atoms with Crippen LogP contribution in [0.15, 0.2) is 36.4 Å². The van der Waals surface area contributed by atoms with Gasteiger partial charge < -0.3 is 20.3 Å². The number of hydrogen-bond donors (Lipinski definition) is 3. The molecule has 5 aliphatic carbocycles. The van der Waals surface area contributed by atoms with Crippen LogP contribution in [0.2, 0.25) is 5.02 Å². The highest BCUT2D eigenvalue weighted by molar-refractivity contribution is 6.30. The zero-order valence-corrected chi connectivity index (χ0v) is 33.3. The number of amides is 1. The number of carbonyl (C=O) groups excluding carboxylic acids is 1. The molecule has 6 rings (SSSR count). The van der Waals surface area contributed by atoms with Crippen molar-refractivity contribution in [3.05, 3.63) is 47.0 Å². The highest BCUT2D eigenvalue weighted by Crippen LogP contribution is 2.77. The van der Waals surface area contributed by atoms with Gasteiger partial charge in [0.2, 0.25) is 5.91 Å². The van der Waals surface area contributed by atoms with Gasteiger partial charge in [-0.15, -0.1) is 0 Å². The zero-order chi connectivity index (χ0) is 37.1. The van der Waals surface area contributed by atoms with E-state index in [0.717, 1.165) is 81.2 Å². The molecule has 0 radical (unpaired) electrons. The average Bonchev–Trinajstić information content (AvgIpc) is 3.47. The van der Waals surface area contributed by atoms with Crippen LogP contribution in [0, 0.1) is 62.6 Å². The van der Waals surface area contributed by atoms with Crippen molar-refractivity contribution >= 4 is 23.5 Å². The molecule has 0 heterocycles. The number of hydrogen-bond acceptors (Lipinski definition) is 4. The number of fused-ring (bicyclic) bond motifs is 7. The first kappa shape index (κ1) is 38.8. The first-order valence-electron chi connectivity index (χ1n) is 20.1. The highest BCUT2D eigenvalue weighted by atomic mass is 35.5. The second-order valence-electron chi connectivity index (χ2n) is 19.5. The molecule has 0 aromatic heterocycles. The van der Waals surface area contributed by atoms with Gasteiger partial charge in [0.1, 0.15) is 6.04 Å². The Balaban J connectivity index is 1.29. The van der Waals surface area contributed by atoms with Crippen molar-refractivity contribution in [1.29, 1.82) is 0 Å². The summed E-state index contributed by atoms with van der Waals surface area (Å²) in [7, 11) is 0. The van der Waals surface area contributed by atoms with Crippen molar-refractivity contribution in [3.63, 3.8) is 0 Å². The van der Waals surface area contributed by atoms with E-state index in [1.807, 2.05) is 38.1 Å². The van der Waals surface area contributed by atoms with Gasteiger partial charge in [-0.2, -0.15) is 0 Å². The molecule has 11 atom stereocenters. The van der Waals surface area contributed by atoms with Gasteiger partial charge in [-0.25, -0.2) is 4.79 Å². The monoisotopic (exact) mass is 723 g/mol. The number of carboxylic acid groups (broad SMARTS) is 1. The second-order valence-corrected chi connectivity index (χ2v) is 19.9. The predicted molar refractivity (Wildman–Crippen MR) is 204 cm³/mol. The van der Waals surface area contributed by atoms with Gasteiger partial charge in [0, 0.05) is 5.02 Å². The lowest BCUT2D eigenvalue weighted by Gasteiger charge is -2.72. The number of rotatable bonds is 11. The summed E-state index contributed by atoms with van der Waals surface area (Å²) in [5.41, 5.74) is 1.91. The lowest BCUT2D eigenvalue weighted by molar-refractivity contribution is -0.246. The van der Waals surface area contributed by atoms with E-state index in [1.54, 1.807) is 0 Å². The minimum absolute atomic E-state index is 0.0427. The second kappa shape index (κ2) is 14.1. The van der Waals surface area contributed by atoms with E-state index < -0.39 is 17.4 Å². The first-order chi connectivity index (χ1) is 23.9. The van der Waals surface area contributed by atoms with Gasteiger partial charge in [0.05, 0.1) is 24.7 Å². The van der Waals surface area contributed by atoms with Crippen molar-refractivity contribution in [2.75, 3.05) is 13.2 Å². The molecule has 6 nitrogen and oxygen atoms in total. The summed E-state index contributed by atoms with van der Waals surface area (Å²) < 4.78 is 6.29. The van der Waals surface area contributed by atoms with E-state index in [2.05, 4.69) is 46.5 Å². The number of carboxylic acids is 1. The molecule has 1 aromatic carbocycles. The minimum Gasteiger partial charge on any atom is -0.480 e. The quantitative estimate of drug-likeness (QED) is 0.156. The third-order valence-corrected chi connectivity index (χ3v) is 16.7. The molecule has 0 saturated heterocycles. The average molecular weight is 724 g/mol. The Morgan fingerprint density at radius 3 is 2.29 bits per heavy atom. The molecule has 5 saturated carbocycles. The largest absolute Gasteiger partial charge is 0.480 e. The predicted octanol–water partition coefficient (Wildman–Crippen LogP) is 9.51. The Morgan fingerprint density at radius 1 is 0.922 bits per heavy atom. The molecule has 5 aliphatic rings. The van der Waals surface area contributed by atoms with Crippen LogP contribution in [0.3, 0.4) is 0 Å². The van der Waals surface area contributed by atoms with E-state index in [-0.39, 0.29) is 51.4 Å². The van der Waals surface area contributed by atoms with Gasteiger partial charge in [0.25, 0.3) is 0 Å². The number of aliphatic hydroxyl groups is 1. The van der Waals surface area contributed by atoms with Crippen LogP contribution in [0.25, 0.3) is 0 Å². The lowest BCUT2D eigenvalue weighted by Crippen LogP contribution is -2.67. The summed E-state index contributed by atoms with van der Waals surface area (Å²) >= 11 is 6.09. The topological polar surface area (TPSA) is 95.9 Å². The van der Waals surface area contributed by atoms with Crippen molar-refractivity contribution in [1.82, 2.24) is 5.32 Å². The lowest BCUT2D eigenvalue weighted by atomic mass is 9.32. The van der Waals surface area contributed by atoms with Crippen molar-refractivity contribution in [3.8, 4) is 0 Å². The van der Waals surface area contributed by atoms with Crippen LogP contribution in [0.1, 0.15) is 125 Å². The number of nitrogens with one attached hydrogen (secondary N) is 1. The summed E-state index contributed by atoms with van der Waals surface area (Å²) in [5.74, 6) is 0.827. The number of carbonyl (C=O) groups is 2. The molecule has 5 unspecified atom stereocenters. The number of halogens is 1. The van der Waals surface area contributed by atoms with E-state index in [4.69, 9.17) is 16.3 Å². The molecule has 0 spiro atoms. The molecule has 0 aliphatic heterocycles. The number of ether oxygens (including phenoxy) is 1. The SMILES string of the molecule is C=C(COCCc1ccc(Cl)cc1)[C@@H]1CC[C@]2(C(=O)NC(CC(C)C)C(=O)O)CC[C@]3(C)C(CCC4[C@@]5(C)CC[C@H](O)C(C)(C)C5CC[C@]43C)C12. The first-order valence-corrected chi connectivity index (χ1v) is 20.5.